The lowest BCUT2D eigenvalue weighted by Gasteiger charge is -2.09. The molecule has 0 heterocycles. The number of hydrogen-bond donors (Lipinski definition) is 0. The van der Waals surface area contributed by atoms with Crippen molar-refractivity contribution in [1.82, 2.24) is 0 Å². The van der Waals surface area contributed by atoms with E-state index in [4.69, 9.17) is 131 Å². The average molecular weight is 1570 g/mol. The molecule has 8 aromatic carbocycles. The van der Waals surface area contributed by atoms with Crippen LogP contribution in [0.25, 0.3) is 0 Å². The number of para-hydroxylation sites is 4. The number of hydrogen-bond acceptors (Lipinski definition) is 12. The number of esters is 4. The first-order valence-electron chi connectivity index (χ1n) is 33.6. The van der Waals surface area contributed by atoms with Gasteiger partial charge in [-0.25, -0.2) is 0 Å². The fourth-order valence-electron chi connectivity index (χ4n) is 12.6. The molecule has 8 atom stereocenters. The maximum Gasteiger partial charge on any atom is 0.310 e. The molecule has 544 valence electrons. The van der Waals surface area contributed by atoms with E-state index in [2.05, 4.69) is 0 Å². The van der Waals surface area contributed by atoms with E-state index >= 15 is 0 Å². The Morgan fingerprint density at radius 1 is 0.269 bits per heavy atom. The summed E-state index contributed by atoms with van der Waals surface area (Å²) in [7, 11) is 0. The molecule has 0 N–H and O–H groups in total. The molecule has 4 saturated carbocycles. The summed E-state index contributed by atoms with van der Waals surface area (Å²) in [5, 5.41) is 0. The van der Waals surface area contributed by atoms with Gasteiger partial charge in [-0.3, -0.25) is 19.2 Å². The van der Waals surface area contributed by atoms with Gasteiger partial charge < -0.3 is 37.9 Å². The predicted octanol–water partition coefficient (Wildman–Crippen LogP) is 24.5. The van der Waals surface area contributed by atoms with Crippen LogP contribution in [0.2, 0.25) is 0 Å². The van der Waals surface area contributed by atoms with Crippen LogP contribution in [0.5, 0.6) is 46.0 Å². The van der Waals surface area contributed by atoms with Crippen molar-refractivity contribution in [3.05, 3.63) is 283 Å². The molecule has 0 amide bonds. The van der Waals surface area contributed by atoms with Crippen molar-refractivity contribution in [2.45, 2.75) is 81.8 Å². The molecule has 0 unspecified atom stereocenters. The Kier molecular flexibility index (Phi) is 28.1. The van der Waals surface area contributed by atoms with Gasteiger partial charge in [0.1, 0.15) is 90.4 Å². The summed E-state index contributed by atoms with van der Waals surface area (Å²) >= 11 is 45.8. The van der Waals surface area contributed by atoms with E-state index in [1.165, 1.54) is 0 Å². The highest BCUT2D eigenvalue weighted by molar-refractivity contribution is 6.57. The largest absolute Gasteiger partial charge is 0.461 e. The third kappa shape index (κ3) is 23.1. The first-order chi connectivity index (χ1) is 49.5. The number of halogens is 8. The summed E-state index contributed by atoms with van der Waals surface area (Å²) in [6.45, 7) is 16.8. The van der Waals surface area contributed by atoms with Crippen LogP contribution in [0.15, 0.2) is 261 Å². The highest BCUT2D eigenvalue weighted by atomic mass is 35.5. The van der Waals surface area contributed by atoms with E-state index in [9.17, 15) is 19.2 Å². The summed E-state index contributed by atoms with van der Waals surface area (Å²) in [5.41, 5.74) is 2.71. The first-order valence-corrected chi connectivity index (χ1v) is 36.6. The Bertz CT molecular complexity index is 3800. The lowest BCUT2D eigenvalue weighted by Crippen LogP contribution is -2.10. The van der Waals surface area contributed by atoms with Gasteiger partial charge in [-0.05, 0) is 189 Å². The Morgan fingerprint density at radius 2 is 0.442 bits per heavy atom. The molecule has 0 saturated heterocycles. The van der Waals surface area contributed by atoms with Gasteiger partial charge >= 0.3 is 23.9 Å². The third-order valence-electron chi connectivity index (χ3n) is 18.9. The summed E-state index contributed by atoms with van der Waals surface area (Å²) in [6, 6.07) is 68.2. The lowest BCUT2D eigenvalue weighted by atomic mass is 10.1. The normalized spacial score (nSPS) is 20.2. The van der Waals surface area contributed by atoms with Crippen LogP contribution in [-0.2, 0) is 64.6 Å². The van der Waals surface area contributed by atoms with Crippen LogP contribution in [0.1, 0.15) is 77.6 Å². The molecule has 4 fully saturated rings. The molecule has 12 nitrogen and oxygen atoms in total. The first kappa shape index (κ1) is 80.2. The van der Waals surface area contributed by atoms with Crippen molar-refractivity contribution >= 4 is 117 Å². The monoisotopic (exact) mass is 1560 g/mol. The summed E-state index contributed by atoms with van der Waals surface area (Å²) in [5.74, 6) is 4.03. The van der Waals surface area contributed by atoms with Gasteiger partial charge in [-0.2, -0.15) is 0 Å². The second kappa shape index (κ2) is 36.4. The number of carbonyl (C=O) groups excluding carboxylic acids is 4. The van der Waals surface area contributed by atoms with Crippen LogP contribution in [-0.4, -0.2) is 23.9 Å². The molecule has 0 radical (unpaired) electrons. The number of benzene rings is 8. The molecule has 0 spiro atoms. The van der Waals surface area contributed by atoms with Crippen LogP contribution in [0.4, 0.5) is 0 Å². The summed E-state index contributed by atoms with van der Waals surface area (Å²) in [4.78, 5) is 49.6. The number of allylic oxidation sites excluding steroid dienone is 4. The van der Waals surface area contributed by atoms with Crippen molar-refractivity contribution in [2.75, 3.05) is 0 Å². The van der Waals surface area contributed by atoms with Gasteiger partial charge in [0.2, 0.25) is 0 Å². The van der Waals surface area contributed by atoms with Crippen molar-refractivity contribution in [3.8, 4) is 46.0 Å². The molecule has 104 heavy (non-hydrogen) atoms. The van der Waals surface area contributed by atoms with Crippen LogP contribution >= 0.6 is 92.8 Å². The van der Waals surface area contributed by atoms with E-state index in [0.29, 0.717) is 23.0 Å². The van der Waals surface area contributed by atoms with E-state index < -0.39 is 0 Å². The van der Waals surface area contributed by atoms with E-state index in [1.807, 2.05) is 274 Å². The number of ether oxygens (including phenoxy) is 8. The molecule has 0 bridgehead atoms. The molecule has 4 aliphatic carbocycles. The highest BCUT2D eigenvalue weighted by Gasteiger charge is 2.64. The second-order valence-electron chi connectivity index (χ2n) is 27.8. The standard InChI is InChI=1S/4C21H20Cl2O3/c4*1-21(2)17(12-18(22)23)19(21)20(24)25-13-14-7-6-10-16(11-14)26-15-8-4-3-5-9-15/h4*3-12,17,19H,13H2,1-2H3/t2*17-,19+;2*17-,19-/m1010/s1. The molecular formula is C84H80Cl8O12. The Morgan fingerprint density at radius 3 is 0.615 bits per heavy atom. The SMILES string of the molecule is CC1(C)[C@@H](C=C(Cl)Cl)[C@@H]1C(=O)OCc1cccc(Oc2ccccc2)c1.CC1(C)[C@H](C(=O)OCc2cccc(Oc3ccccc3)c2)[C@@H]1C=C(Cl)Cl.CC1(C)[C@H](C=C(Cl)Cl)[C@@H]1C(=O)OCc1cccc(Oc2ccccc2)c1.CC1(C)[C@H](C=C(Cl)Cl)[C@H]1C(=O)OCc1cccc(Oc2ccccc2)c1. The van der Waals surface area contributed by atoms with Crippen LogP contribution in [0.3, 0.4) is 0 Å². The van der Waals surface area contributed by atoms with E-state index in [1.54, 1.807) is 24.3 Å². The zero-order chi connectivity index (χ0) is 74.9. The zero-order valence-corrected chi connectivity index (χ0v) is 64.5. The predicted molar refractivity (Wildman–Crippen MR) is 413 cm³/mol. The highest BCUT2D eigenvalue weighted by Crippen LogP contribution is 2.63. The van der Waals surface area contributed by atoms with Crippen molar-refractivity contribution in [1.29, 1.82) is 0 Å². The van der Waals surface area contributed by atoms with Crippen LogP contribution in [0, 0.1) is 69.0 Å². The number of rotatable bonds is 24. The van der Waals surface area contributed by atoms with Gasteiger partial charge in [0.25, 0.3) is 0 Å². The van der Waals surface area contributed by atoms with Gasteiger partial charge in [-0.15, -0.1) is 0 Å². The minimum Gasteiger partial charge on any atom is -0.461 e. The molecular weight excluding hydrogens is 1480 g/mol. The van der Waals surface area contributed by atoms with Gasteiger partial charge in [0.05, 0.1) is 23.7 Å². The minimum atomic E-state index is -0.236. The maximum atomic E-state index is 12.4. The molecule has 4 aliphatic rings. The fourth-order valence-corrected chi connectivity index (χ4v) is 13.7. The summed E-state index contributed by atoms with van der Waals surface area (Å²) < 4.78 is 45.9. The number of carbonyl (C=O) groups is 4. The Hall–Kier alpha value is -7.88. The molecule has 8 aromatic rings. The van der Waals surface area contributed by atoms with Crippen molar-refractivity contribution in [2.24, 2.45) is 69.0 Å². The van der Waals surface area contributed by atoms with Gasteiger partial charge in [0.15, 0.2) is 0 Å². The minimum absolute atomic E-state index is 0.00717. The second-order valence-corrected chi connectivity index (χ2v) is 31.8. The fraction of sp³-hybridized carbons (Fsp3) is 0.286. The zero-order valence-electron chi connectivity index (χ0n) is 58.5. The van der Waals surface area contributed by atoms with Crippen molar-refractivity contribution in [3.63, 3.8) is 0 Å². The van der Waals surface area contributed by atoms with Crippen molar-refractivity contribution < 1.29 is 57.1 Å². The molecule has 12 rings (SSSR count). The molecule has 20 heteroatoms. The summed E-state index contributed by atoms with van der Waals surface area (Å²) in [6.07, 6.45) is 6.85. The Balaban J connectivity index is 0.000000161. The average Bonchev–Trinajstić information content (AvgIpc) is 1.60. The maximum absolute atomic E-state index is 12.4. The molecule has 0 aliphatic heterocycles. The smallest absolute Gasteiger partial charge is 0.310 e. The quantitative estimate of drug-likeness (QED) is 0.0420. The lowest BCUT2D eigenvalue weighted by molar-refractivity contribution is -0.148. The third-order valence-corrected chi connectivity index (χ3v) is 19.9. The van der Waals surface area contributed by atoms with Gasteiger partial charge in [0, 0.05) is 0 Å². The molecule has 0 aromatic heterocycles. The van der Waals surface area contributed by atoms with Gasteiger partial charge in [-0.1, -0.05) is 270 Å². The van der Waals surface area contributed by atoms with Crippen LogP contribution < -0.4 is 18.9 Å². The van der Waals surface area contributed by atoms with E-state index in [0.717, 1.165) is 45.3 Å². The topological polar surface area (TPSA) is 142 Å². The van der Waals surface area contributed by atoms with E-state index in [-0.39, 0.29) is 137 Å². The Labute approximate surface area is 648 Å².